The van der Waals surface area contributed by atoms with Crippen LogP contribution in [0.4, 0.5) is 0 Å². The Kier molecular flexibility index (Phi) is 6.72. The third-order valence-corrected chi connectivity index (χ3v) is 12.7. The van der Waals surface area contributed by atoms with Crippen LogP contribution < -0.4 is 0 Å². The van der Waals surface area contributed by atoms with E-state index in [1.165, 1.54) is 105 Å². The highest BCUT2D eigenvalue weighted by atomic mass is 15.0. The van der Waals surface area contributed by atoms with E-state index in [0.717, 1.165) is 5.69 Å². The Morgan fingerprint density at radius 1 is 0.333 bits per heavy atom. The molecule has 0 bridgehead atoms. The summed E-state index contributed by atoms with van der Waals surface area (Å²) in [5, 5.41) is 7.56. The summed E-state index contributed by atoms with van der Waals surface area (Å²) in [6, 6.07) is 71.9. The van der Waals surface area contributed by atoms with Crippen LogP contribution in [0, 0.1) is 0 Å². The highest BCUT2D eigenvalue weighted by molar-refractivity contribution is 6.15. The first-order chi connectivity index (χ1) is 28.0. The Hall–Kier alpha value is -7.16. The van der Waals surface area contributed by atoms with Crippen LogP contribution in [0.2, 0.25) is 0 Å². The Labute approximate surface area is 331 Å². The second-order valence-corrected chi connectivity index (χ2v) is 16.2. The second kappa shape index (κ2) is 11.9. The molecule has 0 atom stereocenters. The van der Waals surface area contributed by atoms with Crippen LogP contribution in [0.3, 0.4) is 0 Å². The molecule has 0 aliphatic heterocycles. The number of para-hydroxylation sites is 1. The maximum Gasteiger partial charge on any atom is 0.0547 e. The molecular formula is C55H38N2. The summed E-state index contributed by atoms with van der Waals surface area (Å²) in [4.78, 5) is 0. The summed E-state index contributed by atoms with van der Waals surface area (Å²) in [7, 11) is 0. The van der Waals surface area contributed by atoms with Crippen LogP contribution >= 0.6 is 0 Å². The largest absolute Gasteiger partial charge is 0.309 e. The molecule has 1 aliphatic rings. The molecule has 0 unspecified atom stereocenters. The zero-order valence-corrected chi connectivity index (χ0v) is 31.9. The minimum Gasteiger partial charge on any atom is -0.309 e. The molecular weight excluding hydrogens is 689 g/mol. The fourth-order valence-corrected chi connectivity index (χ4v) is 9.94. The van der Waals surface area contributed by atoms with E-state index in [1.807, 2.05) is 0 Å². The Morgan fingerprint density at radius 3 is 1.77 bits per heavy atom. The van der Waals surface area contributed by atoms with Gasteiger partial charge in [0.05, 0.1) is 27.8 Å². The summed E-state index contributed by atoms with van der Waals surface area (Å²) < 4.78 is 4.92. The van der Waals surface area contributed by atoms with E-state index in [1.54, 1.807) is 0 Å². The molecule has 9 aromatic carbocycles. The van der Waals surface area contributed by atoms with Gasteiger partial charge in [0.15, 0.2) is 0 Å². The predicted molar refractivity (Wildman–Crippen MR) is 241 cm³/mol. The first-order valence-corrected chi connectivity index (χ1v) is 19.9. The fourth-order valence-electron chi connectivity index (χ4n) is 9.94. The topological polar surface area (TPSA) is 9.86 Å². The first kappa shape index (κ1) is 32.1. The van der Waals surface area contributed by atoms with Crippen LogP contribution in [0.1, 0.15) is 25.0 Å². The van der Waals surface area contributed by atoms with E-state index >= 15 is 0 Å². The lowest BCUT2D eigenvalue weighted by Gasteiger charge is -2.21. The van der Waals surface area contributed by atoms with Gasteiger partial charge in [-0.3, -0.25) is 0 Å². The summed E-state index contributed by atoms with van der Waals surface area (Å²) in [6.45, 7) is 4.75. The summed E-state index contributed by atoms with van der Waals surface area (Å²) in [5.74, 6) is 0. The van der Waals surface area contributed by atoms with Crippen LogP contribution in [0.15, 0.2) is 194 Å². The quantitative estimate of drug-likeness (QED) is 0.171. The highest BCUT2D eigenvalue weighted by Gasteiger charge is 2.36. The number of benzene rings is 9. The molecule has 1 aliphatic carbocycles. The van der Waals surface area contributed by atoms with Gasteiger partial charge in [0.2, 0.25) is 0 Å². The third kappa shape index (κ3) is 4.65. The smallest absolute Gasteiger partial charge is 0.0547 e. The molecule has 2 aromatic heterocycles. The van der Waals surface area contributed by atoms with Crippen molar-refractivity contribution in [3.63, 3.8) is 0 Å². The first-order valence-electron chi connectivity index (χ1n) is 19.9. The Morgan fingerprint density at radius 2 is 0.930 bits per heavy atom. The van der Waals surface area contributed by atoms with Crippen molar-refractivity contribution >= 4 is 54.4 Å². The third-order valence-electron chi connectivity index (χ3n) is 12.7. The number of hydrogen-bond donors (Lipinski definition) is 0. The van der Waals surface area contributed by atoms with E-state index in [9.17, 15) is 0 Å². The van der Waals surface area contributed by atoms with E-state index in [0.29, 0.717) is 0 Å². The van der Waals surface area contributed by atoms with E-state index in [4.69, 9.17) is 0 Å². The van der Waals surface area contributed by atoms with Gasteiger partial charge in [-0.05, 0) is 111 Å². The number of nitrogens with zero attached hydrogens (tertiary/aromatic N) is 2. The van der Waals surface area contributed by atoms with Crippen molar-refractivity contribution in [2.75, 3.05) is 0 Å². The summed E-state index contributed by atoms with van der Waals surface area (Å²) >= 11 is 0. The zero-order chi connectivity index (χ0) is 37.8. The number of hydrogen-bond acceptors (Lipinski definition) is 0. The molecule has 0 N–H and O–H groups in total. The average Bonchev–Trinajstić information content (AvgIpc) is 3.85. The van der Waals surface area contributed by atoms with Gasteiger partial charge in [0.25, 0.3) is 0 Å². The lowest BCUT2D eigenvalue weighted by Crippen LogP contribution is -2.14. The Balaban J connectivity index is 1.08. The van der Waals surface area contributed by atoms with Crippen LogP contribution in [0.25, 0.3) is 99.1 Å². The van der Waals surface area contributed by atoms with Crippen molar-refractivity contribution in [3.8, 4) is 44.8 Å². The molecule has 0 amide bonds. The van der Waals surface area contributed by atoms with E-state index in [2.05, 4.69) is 217 Å². The maximum atomic E-state index is 2.51. The van der Waals surface area contributed by atoms with Crippen molar-refractivity contribution in [3.05, 3.63) is 205 Å². The molecule has 0 spiro atoms. The predicted octanol–water partition coefficient (Wildman–Crippen LogP) is 14.7. The highest BCUT2D eigenvalue weighted by Crippen LogP contribution is 2.51. The van der Waals surface area contributed by atoms with Crippen molar-refractivity contribution in [2.24, 2.45) is 0 Å². The van der Waals surface area contributed by atoms with E-state index < -0.39 is 0 Å². The van der Waals surface area contributed by atoms with Crippen molar-refractivity contribution < 1.29 is 0 Å². The van der Waals surface area contributed by atoms with Gasteiger partial charge in [0, 0.05) is 38.0 Å². The van der Waals surface area contributed by atoms with Crippen LogP contribution in [-0.2, 0) is 5.41 Å². The van der Waals surface area contributed by atoms with Gasteiger partial charge >= 0.3 is 0 Å². The molecule has 57 heavy (non-hydrogen) atoms. The van der Waals surface area contributed by atoms with Gasteiger partial charge in [-0.1, -0.05) is 147 Å². The number of fused-ring (bicyclic) bond motifs is 10. The van der Waals surface area contributed by atoms with Crippen LogP contribution in [0.5, 0.6) is 0 Å². The Bertz CT molecular complexity index is 3420. The minimum atomic E-state index is -0.0918. The van der Waals surface area contributed by atoms with Gasteiger partial charge in [0.1, 0.15) is 0 Å². The lowest BCUT2D eigenvalue weighted by atomic mass is 9.82. The van der Waals surface area contributed by atoms with Gasteiger partial charge in [-0.25, -0.2) is 0 Å². The summed E-state index contributed by atoms with van der Waals surface area (Å²) in [6.07, 6.45) is 0. The lowest BCUT2D eigenvalue weighted by molar-refractivity contribution is 0.661. The zero-order valence-electron chi connectivity index (χ0n) is 31.9. The van der Waals surface area contributed by atoms with Gasteiger partial charge in [-0.15, -0.1) is 0 Å². The van der Waals surface area contributed by atoms with E-state index in [-0.39, 0.29) is 5.41 Å². The molecule has 2 heteroatoms. The molecule has 2 heterocycles. The summed E-state index contributed by atoms with van der Waals surface area (Å²) in [5.41, 5.74) is 17.5. The number of aromatic nitrogens is 2. The molecule has 12 rings (SSSR count). The molecule has 0 fully saturated rings. The van der Waals surface area contributed by atoms with Crippen molar-refractivity contribution in [1.82, 2.24) is 9.13 Å². The van der Waals surface area contributed by atoms with Gasteiger partial charge < -0.3 is 9.13 Å². The van der Waals surface area contributed by atoms with Crippen molar-refractivity contribution in [1.29, 1.82) is 0 Å². The fraction of sp³-hybridized carbons (Fsp3) is 0.0545. The molecule has 0 saturated heterocycles. The second-order valence-electron chi connectivity index (χ2n) is 16.2. The molecule has 11 aromatic rings. The van der Waals surface area contributed by atoms with Crippen molar-refractivity contribution in [2.45, 2.75) is 19.3 Å². The molecule has 268 valence electrons. The standard InChI is InChI=1S/C55H38N2/c1-55(2)48-23-10-8-21-42(48)44-34-54-47(33-49(44)55)46-32-39(27-29-53(46)57(54)50-25-13-17-36-16-6-7-20-41(36)50)38-26-28-52-45(31-38)43-22-9-11-24-51(43)56(52)40-19-12-18-37(30-40)35-14-4-3-5-15-35/h3-34H,1-2H3. The molecule has 0 radical (unpaired) electrons. The maximum absolute atomic E-state index is 2.51. The van der Waals surface area contributed by atoms with Gasteiger partial charge in [-0.2, -0.15) is 0 Å². The monoisotopic (exact) mass is 726 g/mol. The molecule has 0 saturated carbocycles. The average molecular weight is 727 g/mol. The SMILES string of the molecule is CC1(C)c2ccccc2-c2cc3c(cc21)c1cc(-c2ccc4c(c2)c2ccccc2n4-c2cccc(-c4ccccc4)c2)ccc1n3-c1cccc2ccccc12. The minimum absolute atomic E-state index is 0.0918. The number of rotatable bonds is 4. The molecule has 2 nitrogen and oxygen atoms in total. The van der Waals surface area contributed by atoms with Crippen LogP contribution in [-0.4, -0.2) is 9.13 Å². The normalized spacial score (nSPS) is 13.2.